The Hall–Kier alpha value is -1.99. The average Bonchev–Trinajstić information content (AvgIpc) is 2.59. The molecule has 0 heterocycles. The van der Waals surface area contributed by atoms with Gasteiger partial charge in [-0.15, -0.1) is 0 Å². The number of aliphatic hydroxyl groups is 1. The van der Waals surface area contributed by atoms with Gasteiger partial charge in [-0.1, -0.05) is 60.2 Å². The molecule has 0 unspecified atom stereocenters. The van der Waals surface area contributed by atoms with Crippen LogP contribution in [0.1, 0.15) is 22.3 Å². The lowest BCUT2D eigenvalue weighted by Gasteiger charge is -2.18. The Balaban J connectivity index is 2.13. The van der Waals surface area contributed by atoms with E-state index in [1.807, 2.05) is 49.4 Å². The summed E-state index contributed by atoms with van der Waals surface area (Å²) >= 11 is 0. The largest absolute Gasteiger partial charge is 0.392 e. The summed E-state index contributed by atoms with van der Waals surface area (Å²) < 4.78 is 34.2. The zero-order valence-corrected chi connectivity index (χ0v) is 16.8. The standard InChI is InChI=1S/C21H27NO4S/c1-16-12-17(2)21(18(3)13-16)27(24,25)22-20(10-7-11-23)15-26-14-19-8-5-4-6-9-19/h4-10,12-13,20,22-23H,11,14-15H2,1-3H3/b10-7+/t20-/m1/s1. The van der Waals surface area contributed by atoms with E-state index in [1.165, 1.54) is 6.08 Å². The van der Waals surface area contributed by atoms with Crippen LogP contribution in [0.2, 0.25) is 0 Å². The fourth-order valence-electron chi connectivity index (χ4n) is 3.08. The number of benzene rings is 2. The lowest BCUT2D eigenvalue weighted by molar-refractivity contribution is 0.113. The number of sulfonamides is 1. The van der Waals surface area contributed by atoms with Gasteiger partial charge in [-0.2, -0.15) is 0 Å². The van der Waals surface area contributed by atoms with Gasteiger partial charge in [-0.25, -0.2) is 13.1 Å². The minimum absolute atomic E-state index is 0.161. The van der Waals surface area contributed by atoms with Crippen LogP contribution >= 0.6 is 0 Å². The molecule has 1 atom stereocenters. The van der Waals surface area contributed by atoms with E-state index in [1.54, 1.807) is 19.9 Å². The van der Waals surface area contributed by atoms with Crippen LogP contribution in [0.25, 0.3) is 0 Å². The zero-order chi connectivity index (χ0) is 19.9. The minimum Gasteiger partial charge on any atom is -0.392 e. The molecule has 0 fully saturated rings. The van der Waals surface area contributed by atoms with Gasteiger partial charge in [0.2, 0.25) is 10.0 Å². The quantitative estimate of drug-likeness (QED) is 0.647. The maximum Gasteiger partial charge on any atom is 0.241 e. The van der Waals surface area contributed by atoms with Crippen molar-refractivity contribution in [1.82, 2.24) is 4.72 Å². The molecule has 0 saturated carbocycles. The summed E-state index contributed by atoms with van der Waals surface area (Å²) in [6.07, 6.45) is 3.12. The van der Waals surface area contributed by atoms with E-state index < -0.39 is 16.1 Å². The molecule has 146 valence electrons. The van der Waals surface area contributed by atoms with Gasteiger partial charge in [0.15, 0.2) is 0 Å². The van der Waals surface area contributed by atoms with E-state index in [2.05, 4.69) is 4.72 Å². The van der Waals surface area contributed by atoms with E-state index in [0.717, 1.165) is 11.1 Å². The second-order valence-electron chi connectivity index (χ2n) is 6.57. The van der Waals surface area contributed by atoms with E-state index >= 15 is 0 Å². The van der Waals surface area contributed by atoms with E-state index in [-0.39, 0.29) is 13.2 Å². The first-order chi connectivity index (χ1) is 12.8. The molecule has 0 spiro atoms. The van der Waals surface area contributed by atoms with Crippen molar-refractivity contribution in [3.63, 3.8) is 0 Å². The highest BCUT2D eigenvalue weighted by Crippen LogP contribution is 2.22. The predicted octanol–water partition coefficient (Wildman–Crippen LogP) is 3.02. The maximum absolute atomic E-state index is 12.9. The molecule has 2 rings (SSSR count). The second-order valence-corrected chi connectivity index (χ2v) is 8.22. The fraction of sp³-hybridized carbons (Fsp3) is 0.333. The van der Waals surface area contributed by atoms with Crippen molar-refractivity contribution in [2.24, 2.45) is 0 Å². The van der Waals surface area contributed by atoms with Gasteiger partial charge in [0.1, 0.15) is 0 Å². The van der Waals surface area contributed by atoms with Gasteiger partial charge in [0.25, 0.3) is 0 Å². The Morgan fingerprint density at radius 1 is 1.11 bits per heavy atom. The summed E-state index contributed by atoms with van der Waals surface area (Å²) in [5.74, 6) is 0. The predicted molar refractivity (Wildman–Crippen MR) is 107 cm³/mol. The molecular weight excluding hydrogens is 362 g/mol. The van der Waals surface area contributed by atoms with Gasteiger partial charge in [-0.3, -0.25) is 0 Å². The molecule has 0 amide bonds. The number of aryl methyl sites for hydroxylation is 3. The Morgan fingerprint density at radius 2 is 1.74 bits per heavy atom. The molecule has 0 aromatic heterocycles. The van der Waals surface area contributed by atoms with Crippen molar-refractivity contribution in [1.29, 1.82) is 0 Å². The Kier molecular flexibility index (Phi) is 7.74. The fourth-order valence-corrected chi connectivity index (χ4v) is 4.71. The molecule has 5 nitrogen and oxygen atoms in total. The summed E-state index contributed by atoms with van der Waals surface area (Å²) in [5, 5.41) is 9.05. The van der Waals surface area contributed by atoms with Crippen LogP contribution in [0, 0.1) is 20.8 Å². The van der Waals surface area contributed by atoms with Crippen LogP contribution in [-0.4, -0.2) is 32.8 Å². The number of ether oxygens (including phenoxy) is 1. The van der Waals surface area contributed by atoms with Gasteiger partial charge >= 0.3 is 0 Å². The summed E-state index contributed by atoms with van der Waals surface area (Å²) in [4.78, 5) is 0.290. The molecule has 0 aliphatic carbocycles. The number of nitrogens with one attached hydrogen (secondary N) is 1. The molecule has 2 aromatic rings. The Bertz CT molecular complexity index is 853. The summed E-state index contributed by atoms with van der Waals surface area (Å²) in [5.41, 5.74) is 3.44. The Labute approximate surface area is 161 Å². The van der Waals surface area contributed by atoms with Crippen LogP contribution < -0.4 is 4.72 Å². The monoisotopic (exact) mass is 389 g/mol. The third-order valence-corrected chi connectivity index (χ3v) is 5.86. The molecule has 0 radical (unpaired) electrons. The molecule has 27 heavy (non-hydrogen) atoms. The molecule has 0 aliphatic rings. The first-order valence-electron chi connectivity index (χ1n) is 8.83. The van der Waals surface area contributed by atoms with Crippen LogP contribution in [0.5, 0.6) is 0 Å². The van der Waals surface area contributed by atoms with Crippen molar-refractivity contribution >= 4 is 10.0 Å². The zero-order valence-electron chi connectivity index (χ0n) is 16.0. The number of hydrogen-bond donors (Lipinski definition) is 2. The molecule has 2 aromatic carbocycles. The lowest BCUT2D eigenvalue weighted by Crippen LogP contribution is -2.37. The molecule has 6 heteroatoms. The van der Waals surface area contributed by atoms with Crippen LogP contribution in [0.4, 0.5) is 0 Å². The molecule has 0 saturated heterocycles. The third-order valence-electron chi connectivity index (χ3n) is 4.06. The topological polar surface area (TPSA) is 75.6 Å². The number of aliphatic hydroxyl groups excluding tert-OH is 1. The van der Waals surface area contributed by atoms with Gasteiger partial charge in [-0.05, 0) is 37.5 Å². The number of rotatable bonds is 9. The SMILES string of the molecule is Cc1cc(C)c(S(=O)(=O)N[C@H](/C=C/CO)COCc2ccccc2)c(C)c1. The summed E-state index contributed by atoms with van der Waals surface area (Å²) in [6, 6.07) is 12.8. The molecular formula is C21H27NO4S. The van der Waals surface area contributed by atoms with Gasteiger partial charge in [0.05, 0.1) is 30.8 Å². The average molecular weight is 390 g/mol. The first-order valence-corrected chi connectivity index (χ1v) is 10.3. The summed E-state index contributed by atoms with van der Waals surface area (Å²) in [6.45, 7) is 5.90. The van der Waals surface area contributed by atoms with Gasteiger partial charge in [0, 0.05) is 0 Å². The van der Waals surface area contributed by atoms with Crippen molar-refractivity contribution in [3.8, 4) is 0 Å². The lowest BCUT2D eigenvalue weighted by atomic mass is 10.1. The highest BCUT2D eigenvalue weighted by Gasteiger charge is 2.23. The van der Waals surface area contributed by atoms with Crippen molar-refractivity contribution in [2.45, 2.75) is 38.3 Å². The van der Waals surface area contributed by atoms with E-state index in [0.29, 0.717) is 22.6 Å². The minimum atomic E-state index is -3.73. The molecule has 2 N–H and O–H groups in total. The van der Waals surface area contributed by atoms with Crippen molar-refractivity contribution in [3.05, 3.63) is 76.9 Å². The number of hydrogen-bond acceptors (Lipinski definition) is 4. The highest BCUT2D eigenvalue weighted by molar-refractivity contribution is 7.89. The van der Waals surface area contributed by atoms with Crippen LogP contribution in [-0.2, 0) is 21.4 Å². The molecule has 0 bridgehead atoms. The van der Waals surface area contributed by atoms with Crippen molar-refractivity contribution in [2.75, 3.05) is 13.2 Å². The first kappa shape index (κ1) is 21.3. The summed E-state index contributed by atoms with van der Waals surface area (Å²) in [7, 11) is -3.73. The Morgan fingerprint density at radius 3 is 2.33 bits per heavy atom. The third kappa shape index (κ3) is 6.29. The van der Waals surface area contributed by atoms with E-state index in [9.17, 15) is 8.42 Å². The van der Waals surface area contributed by atoms with Crippen LogP contribution in [0.15, 0.2) is 59.5 Å². The maximum atomic E-state index is 12.9. The normalized spacial score (nSPS) is 13.2. The highest BCUT2D eigenvalue weighted by atomic mass is 32.2. The van der Waals surface area contributed by atoms with Gasteiger partial charge < -0.3 is 9.84 Å². The second kappa shape index (κ2) is 9.80. The smallest absolute Gasteiger partial charge is 0.241 e. The van der Waals surface area contributed by atoms with Crippen molar-refractivity contribution < 1.29 is 18.3 Å². The molecule has 0 aliphatic heterocycles. The van der Waals surface area contributed by atoms with Crippen LogP contribution in [0.3, 0.4) is 0 Å². The van der Waals surface area contributed by atoms with E-state index in [4.69, 9.17) is 9.84 Å².